The van der Waals surface area contributed by atoms with E-state index in [-0.39, 0.29) is 18.4 Å². The maximum Gasteiger partial charge on any atom is 0.225 e. The molecule has 1 heterocycles. The van der Waals surface area contributed by atoms with Crippen molar-refractivity contribution in [1.29, 1.82) is 0 Å². The number of halogens is 1. The number of benzene rings is 1. The first-order chi connectivity index (χ1) is 10.1. The van der Waals surface area contributed by atoms with E-state index in [0.717, 1.165) is 11.3 Å². The summed E-state index contributed by atoms with van der Waals surface area (Å²) in [5.74, 6) is 0.550. The fourth-order valence-electron chi connectivity index (χ4n) is 2.06. The normalized spacial score (nSPS) is 11.8. The summed E-state index contributed by atoms with van der Waals surface area (Å²) in [5.41, 5.74) is 1.58. The second kappa shape index (κ2) is 7.09. The Labute approximate surface area is 129 Å². The maximum atomic E-state index is 12.1. The van der Waals surface area contributed by atoms with Gasteiger partial charge >= 0.3 is 0 Å². The summed E-state index contributed by atoms with van der Waals surface area (Å²) in [5, 5.41) is 3.50. The van der Waals surface area contributed by atoms with Crippen molar-refractivity contribution in [2.75, 3.05) is 7.11 Å². The molecule has 0 spiro atoms. The topological polar surface area (TPSA) is 51.2 Å². The van der Waals surface area contributed by atoms with E-state index >= 15 is 0 Å². The molecule has 1 aromatic heterocycles. The van der Waals surface area contributed by atoms with Crippen molar-refractivity contribution in [3.8, 4) is 5.75 Å². The summed E-state index contributed by atoms with van der Waals surface area (Å²) in [4.78, 5) is 16.4. The van der Waals surface area contributed by atoms with Gasteiger partial charge in [-0.25, -0.2) is 0 Å². The van der Waals surface area contributed by atoms with Gasteiger partial charge < -0.3 is 10.1 Å². The largest absolute Gasteiger partial charge is 0.496 e. The predicted molar refractivity (Wildman–Crippen MR) is 82.5 cm³/mol. The Bertz CT molecular complexity index is 617. The van der Waals surface area contributed by atoms with Gasteiger partial charge in [0.05, 0.1) is 25.3 Å². The van der Waals surface area contributed by atoms with Crippen molar-refractivity contribution >= 4 is 17.5 Å². The third kappa shape index (κ3) is 4.20. The average Bonchev–Trinajstić information content (AvgIpc) is 2.48. The minimum Gasteiger partial charge on any atom is -0.496 e. The summed E-state index contributed by atoms with van der Waals surface area (Å²) in [7, 11) is 1.57. The van der Waals surface area contributed by atoms with Crippen LogP contribution in [0.2, 0.25) is 5.02 Å². The molecule has 1 amide bonds. The molecule has 0 aliphatic rings. The van der Waals surface area contributed by atoms with Gasteiger partial charge in [0.1, 0.15) is 5.75 Å². The maximum absolute atomic E-state index is 12.1. The minimum absolute atomic E-state index is 0.103. The Hall–Kier alpha value is -2.07. The number of pyridine rings is 1. The van der Waals surface area contributed by atoms with Crippen LogP contribution in [-0.2, 0) is 11.2 Å². The molecular weight excluding hydrogens is 288 g/mol. The van der Waals surface area contributed by atoms with Crippen molar-refractivity contribution in [2.24, 2.45) is 0 Å². The summed E-state index contributed by atoms with van der Waals surface area (Å²) in [6, 6.07) is 10.7. The number of carbonyl (C=O) groups excluding carboxylic acids is 1. The molecule has 5 heteroatoms. The van der Waals surface area contributed by atoms with Crippen LogP contribution in [0, 0.1) is 0 Å². The zero-order valence-corrected chi connectivity index (χ0v) is 12.7. The van der Waals surface area contributed by atoms with Crippen LogP contribution in [0.25, 0.3) is 0 Å². The molecule has 0 saturated carbocycles. The van der Waals surface area contributed by atoms with Crippen molar-refractivity contribution in [2.45, 2.75) is 19.4 Å². The van der Waals surface area contributed by atoms with Crippen LogP contribution < -0.4 is 10.1 Å². The summed E-state index contributed by atoms with van der Waals surface area (Å²) in [6.07, 6.45) is 1.92. The van der Waals surface area contributed by atoms with E-state index in [1.807, 2.05) is 25.1 Å². The number of rotatable bonds is 5. The standard InChI is InChI=1S/C16H17ClN2O2/c1-11(14-5-3-4-8-18-14)19-16(20)10-12-9-13(17)6-7-15(12)21-2/h3-9,11H,10H2,1-2H3,(H,19,20)/t11-/m1/s1. The molecule has 2 aromatic rings. The van der Waals surface area contributed by atoms with Gasteiger partial charge in [-0.15, -0.1) is 0 Å². The van der Waals surface area contributed by atoms with E-state index in [2.05, 4.69) is 10.3 Å². The van der Waals surface area contributed by atoms with Crippen molar-refractivity contribution in [3.05, 3.63) is 58.9 Å². The highest BCUT2D eigenvalue weighted by Crippen LogP contribution is 2.23. The summed E-state index contributed by atoms with van der Waals surface area (Å²) in [6.45, 7) is 1.90. The van der Waals surface area contributed by atoms with Gasteiger partial charge in [-0.1, -0.05) is 17.7 Å². The Morgan fingerprint density at radius 3 is 2.86 bits per heavy atom. The van der Waals surface area contributed by atoms with E-state index in [9.17, 15) is 4.79 Å². The monoisotopic (exact) mass is 304 g/mol. The van der Waals surface area contributed by atoms with Gasteiger partial charge in [0.25, 0.3) is 0 Å². The van der Waals surface area contributed by atoms with Crippen LogP contribution in [0.15, 0.2) is 42.6 Å². The van der Waals surface area contributed by atoms with Gasteiger partial charge in [-0.2, -0.15) is 0 Å². The lowest BCUT2D eigenvalue weighted by atomic mass is 10.1. The van der Waals surface area contributed by atoms with E-state index in [4.69, 9.17) is 16.3 Å². The lowest BCUT2D eigenvalue weighted by molar-refractivity contribution is -0.121. The van der Waals surface area contributed by atoms with Crippen LogP contribution in [0.1, 0.15) is 24.2 Å². The summed E-state index contributed by atoms with van der Waals surface area (Å²) >= 11 is 5.96. The zero-order chi connectivity index (χ0) is 15.2. The Morgan fingerprint density at radius 1 is 1.38 bits per heavy atom. The molecule has 0 radical (unpaired) electrons. The number of hydrogen-bond acceptors (Lipinski definition) is 3. The molecule has 0 bridgehead atoms. The van der Waals surface area contributed by atoms with Crippen LogP contribution in [0.3, 0.4) is 0 Å². The predicted octanol–water partition coefficient (Wildman–Crippen LogP) is 3.16. The second-order valence-corrected chi connectivity index (χ2v) is 5.11. The molecule has 21 heavy (non-hydrogen) atoms. The highest BCUT2D eigenvalue weighted by Gasteiger charge is 2.13. The van der Waals surface area contributed by atoms with Gasteiger partial charge in [0, 0.05) is 16.8 Å². The Morgan fingerprint density at radius 2 is 2.19 bits per heavy atom. The quantitative estimate of drug-likeness (QED) is 0.923. The molecule has 0 aliphatic heterocycles. The molecule has 0 fully saturated rings. The van der Waals surface area contributed by atoms with Gasteiger partial charge in [0.2, 0.25) is 5.91 Å². The van der Waals surface area contributed by atoms with Crippen LogP contribution >= 0.6 is 11.6 Å². The van der Waals surface area contributed by atoms with E-state index in [0.29, 0.717) is 10.8 Å². The number of methoxy groups -OCH3 is 1. The number of aromatic nitrogens is 1. The second-order valence-electron chi connectivity index (χ2n) is 4.68. The number of amides is 1. The minimum atomic E-state index is -0.149. The number of carbonyl (C=O) groups is 1. The number of hydrogen-bond donors (Lipinski definition) is 1. The van der Waals surface area contributed by atoms with E-state index in [1.54, 1.807) is 31.5 Å². The SMILES string of the molecule is COc1ccc(Cl)cc1CC(=O)N[C@H](C)c1ccccn1. The molecule has 0 saturated heterocycles. The fraction of sp³-hybridized carbons (Fsp3) is 0.250. The van der Waals surface area contributed by atoms with E-state index < -0.39 is 0 Å². The summed E-state index contributed by atoms with van der Waals surface area (Å²) < 4.78 is 5.24. The molecule has 4 nitrogen and oxygen atoms in total. The van der Waals surface area contributed by atoms with Crippen LogP contribution in [0.4, 0.5) is 0 Å². The third-order valence-electron chi connectivity index (χ3n) is 3.10. The molecule has 1 N–H and O–H groups in total. The lowest BCUT2D eigenvalue weighted by Gasteiger charge is -2.14. The third-order valence-corrected chi connectivity index (χ3v) is 3.34. The van der Waals surface area contributed by atoms with Crippen molar-refractivity contribution in [3.63, 3.8) is 0 Å². The molecule has 1 atom stereocenters. The first-order valence-electron chi connectivity index (χ1n) is 6.63. The fourth-order valence-corrected chi connectivity index (χ4v) is 2.25. The van der Waals surface area contributed by atoms with E-state index in [1.165, 1.54) is 0 Å². The first-order valence-corrected chi connectivity index (χ1v) is 7.00. The number of nitrogens with one attached hydrogen (secondary N) is 1. The van der Waals surface area contributed by atoms with Crippen LogP contribution in [0.5, 0.6) is 5.75 Å². The van der Waals surface area contributed by atoms with Gasteiger partial charge in [0.15, 0.2) is 0 Å². The smallest absolute Gasteiger partial charge is 0.225 e. The molecule has 110 valence electrons. The first kappa shape index (κ1) is 15.3. The number of nitrogens with zero attached hydrogens (tertiary/aromatic N) is 1. The molecule has 1 aromatic carbocycles. The number of ether oxygens (including phenoxy) is 1. The van der Waals surface area contributed by atoms with Crippen LogP contribution in [-0.4, -0.2) is 18.0 Å². The highest BCUT2D eigenvalue weighted by atomic mass is 35.5. The molecular formula is C16H17ClN2O2. The van der Waals surface area contributed by atoms with Gasteiger partial charge in [-0.05, 0) is 37.3 Å². The Kier molecular flexibility index (Phi) is 5.17. The Balaban J connectivity index is 2.04. The van der Waals surface area contributed by atoms with Gasteiger partial charge in [-0.3, -0.25) is 9.78 Å². The molecule has 0 aliphatic carbocycles. The highest BCUT2D eigenvalue weighted by molar-refractivity contribution is 6.30. The van der Waals surface area contributed by atoms with Crippen molar-refractivity contribution < 1.29 is 9.53 Å². The zero-order valence-electron chi connectivity index (χ0n) is 12.0. The van der Waals surface area contributed by atoms with Crippen molar-refractivity contribution in [1.82, 2.24) is 10.3 Å². The average molecular weight is 305 g/mol. The molecule has 2 rings (SSSR count). The lowest BCUT2D eigenvalue weighted by Crippen LogP contribution is -2.28. The molecule has 0 unspecified atom stereocenters.